The maximum atomic E-state index is 4.37. The molecule has 1 aliphatic rings. The van der Waals surface area contributed by atoms with Crippen molar-refractivity contribution in [3.05, 3.63) is 52.6 Å². The standard InChI is InChI=1S/C13H12BrN3/c14-10-6-11-13(16-7-10)17-12(8-15-11)9-4-2-1-3-5-9/h1-7,12,15H,8H2,(H,16,17). The van der Waals surface area contributed by atoms with Crippen LogP contribution in [-0.2, 0) is 0 Å². The number of benzene rings is 1. The van der Waals surface area contributed by atoms with E-state index in [1.54, 1.807) is 6.20 Å². The predicted molar refractivity (Wildman–Crippen MR) is 73.2 cm³/mol. The summed E-state index contributed by atoms with van der Waals surface area (Å²) in [6.45, 7) is 0.870. The Bertz CT molecular complexity index is 527. The molecular formula is C13H12BrN3. The quantitative estimate of drug-likeness (QED) is 0.845. The first kappa shape index (κ1) is 10.6. The van der Waals surface area contributed by atoms with Crippen molar-refractivity contribution in [1.82, 2.24) is 4.98 Å². The summed E-state index contributed by atoms with van der Waals surface area (Å²) >= 11 is 3.42. The van der Waals surface area contributed by atoms with Crippen molar-refractivity contribution in [2.75, 3.05) is 17.2 Å². The average molecular weight is 290 g/mol. The number of hydrogen-bond donors (Lipinski definition) is 2. The lowest BCUT2D eigenvalue weighted by Crippen LogP contribution is -2.26. The summed E-state index contributed by atoms with van der Waals surface area (Å²) in [7, 11) is 0. The highest BCUT2D eigenvalue weighted by atomic mass is 79.9. The third-order valence-corrected chi connectivity index (χ3v) is 3.30. The van der Waals surface area contributed by atoms with E-state index in [0.29, 0.717) is 0 Å². The highest BCUT2D eigenvalue weighted by Gasteiger charge is 2.19. The van der Waals surface area contributed by atoms with Crippen molar-refractivity contribution in [3.63, 3.8) is 0 Å². The number of hydrogen-bond acceptors (Lipinski definition) is 3. The summed E-state index contributed by atoms with van der Waals surface area (Å²) < 4.78 is 0.990. The average Bonchev–Trinajstić information content (AvgIpc) is 2.39. The molecule has 0 fully saturated rings. The van der Waals surface area contributed by atoms with Crippen LogP contribution in [0.25, 0.3) is 0 Å². The van der Waals surface area contributed by atoms with Crippen molar-refractivity contribution in [2.45, 2.75) is 6.04 Å². The maximum Gasteiger partial charge on any atom is 0.149 e. The highest BCUT2D eigenvalue weighted by Crippen LogP contribution is 2.31. The van der Waals surface area contributed by atoms with Gasteiger partial charge in [0, 0.05) is 17.2 Å². The molecule has 0 radical (unpaired) electrons. The molecular weight excluding hydrogens is 278 g/mol. The van der Waals surface area contributed by atoms with Gasteiger partial charge in [0.05, 0.1) is 11.7 Å². The monoisotopic (exact) mass is 289 g/mol. The lowest BCUT2D eigenvalue weighted by molar-refractivity contribution is 0.794. The first-order valence-corrected chi connectivity index (χ1v) is 6.33. The van der Waals surface area contributed by atoms with Crippen LogP contribution in [0.3, 0.4) is 0 Å². The number of pyridine rings is 1. The van der Waals surface area contributed by atoms with Crippen LogP contribution in [0.2, 0.25) is 0 Å². The summed E-state index contributed by atoms with van der Waals surface area (Å²) in [5.41, 5.74) is 2.32. The largest absolute Gasteiger partial charge is 0.380 e. The smallest absolute Gasteiger partial charge is 0.149 e. The summed E-state index contributed by atoms with van der Waals surface area (Å²) in [5.74, 6) is 0.910. The zero-order valence-corrected chi connectivity index (χ0v) is 10.7. The van der Waals surface area contributed by atoms with Gasteiger partial charge in [0.1, 0.15) is 5.82 Å². The van der Waals surface area contributed by atoms with Gasteiger partial charge in [-0.25, -0.2) is 4.98 Å². The van der Waals surface area contributed by atoms with Crippen LogP contribution >= 0.6 is 15.9 Å². The second kappa shape index (κ2) is 4.37. The number of rotatable bonds is 1. The van der Waals surface area contributed by atoms with E-state index < -0.39 is 0 Å². The number of halogens is 1. The van der Waals surface area contributed by atoms with Crippen molar-refractivity contribution >= 4 is 27.4 Å². The van der Waals surface area contributed by atoms with Crippen LogP contribution in [-0.4, -0.2) is 11.5 Å². The minimum Gasteiger partial charge on any atom is -0.380 e. The fourth-order valence-electron chi connectivity index (χ4n) is 2.00. The van der Waals surface area contributed by atoms with Gasteiger partial charge in [-0.15, -0.1) is 0 Å². The molecule has 86 valence electrons. The first-order valence-electron chi connectivity index (χ1n) is 5.54. The Hall–Kier alpha value is -1.55. The second-order valence-electron chi connectivity index (χ2n) is 4.04. The Morgan fingerprint density at radius 2 is 2.06 bits per heavy atom. The Balaban J connectivity index is 1.88. The molecule has 0 saturated heterocycles. The number of aromatic nitrogens is 1. The molecule has 1 atom stereocenters. The third-order valence-electron chi connectivity index (χ3n) is 2.86. The molecule has 1 aromatic carbocycles. The van der Waals surface area contributed by atoms with Crippen LogP contribution in [0.4, 0.5) is 11.5 Å². The summed E-state index contributed by atoms with van der Waals surface area (Å²) in [5, 5.41) is 6.84. The molecule has 1 unspecified atom stereocenters. The summed E-state index contributed by atoms with van der Waals surface area (Å²) in [4.78, 5) is 4.37. The predicted octanol–water partition coefficient (Wildman–Crippen LogP) is 3.42. The van der Waals surface area contributed by atoms with Gasteiger partial charge in [0.15, 0.2) is 0 Å². The molecule has 0 amide bonds. The molecule has 2 N–H and O–H groups in total. The molecule has 4 heteroatoms. The Morgan fingerprint density at radius 3 is 2.88 bits per heavy atom. The number of nitrogens with one attached hydrogen (secondary N) is 2. The van der Waals surface area contributed by atoms with Crippen LogP contribution in [0.1, 0.15) is 11.6 Å². The third kappa shape index (κ3) is 2.13. The molecule has 2 aromatic rings. The van der Waals surface area contributed by atoms with Gasteiger partial charge in [-0.1, -0.05) is 30.3 Å². The Labute approximate surface area is 108 Å². The van der Waals surface area contributed by atoms with Crippen LogP contribution in [0.15, 0.2) is 47.1 Å². The van der Waals surface area contributed by atoms with Gasteiger partial charge >= 0.3 is 0 Å². The van der Waals surface area contributed by atoms with E-state index in [9.17, 15) is 0 Å². The molecule has 17 heavy (non-hydrogen) atoms. The van der Waals surface area contributed by atoms with Gasteiger partial charge in [0.25, 0.3) is 0 Å². The Morgan fingerprint density at radius 1 is 1.24 bits per heavy atom. The number of nitrogens with zero attached hydrogens (tertiary/aromatic N) is 1. The SMILES string of the molecule is Brc1cnc2c(c1)NCC(c1ccccc1)N2. The minimum atomic E-state index is 0.275. The Kier molecular flexibility index (Phi) is 2.73. The molecule has 0 aliphatic carbocycles. The van der Waals surface area contributed by atoms with Crippen LogP contribution < -0.4 is 10.6 Å². The van der Waals surface area contributed by atoms with E-state index >= 15 is 0 Å². The molecule has 3 rings (SSSR count). The van der Waals surface area contributed by atoms with Crippen molar-refractivity contribution in [2.24, 2.45) is 0 Å². The van der Waals surface area contributed by atoms with Crippen molar-refractivity contribution in [3.8, 4) is 0 Å². The normalized spacial score (nSPS) is 17.8. The van der Waals surface area contributed by atoms with Gasteiger partial charge < -0.3 is 10.6 Å². The molecule has 2 heterocycles. The van der Waals surface area contributed by atoms with Crippen LogP contribution in [0, 0.1) is 0 Å². The lowest BCUT2D eigenvalue weighted by Gasteiger charge is -2.27. The molecule has 1 aliphatic heterocycles. The van der Waals surface area contributed by atoms with E-state index in [4.69, 9.17) is 0 Å². The molecule has 1 aromatic heterocycles. The maximum absolute atomic E-state index is 4.37. The summed E-state index contributed by atoms with van der Waals surface area (Å²) in [6.07, 6.45) is 1.81. The van der Waals surface area contributed by atoms with Crippen molar-refractivity contribution in [1.29, 1.82) is 0 Å². The fourth-order valence-corrected chi connectivity index (χ4v) is 2.33. The van der Waals surface area contributed by atoms with Gasteiger partial charge in [-0.05, 0) is 27.6 Å². The highest BCUT2D eigenvalue weighted by molar-refractivity contribution is 9.10. The molecule has 3 nitrogen and oxygen atoms in total. The number of anilines is 2. The van der Waals surface area contributed by atoms with E-state index in [0.717, 1.165) is 22.5 Å². The van der Waals surface area contributed by atoms with Gasteiger partial charge in [-0.3, -0.25) is 0 Å². The summed E-state index contributed by atoms with van der Waals surface area (Å²) in [6, 6.07) is 12.7. The van der Waals surface area contributed by atoms with E-state index in [-0.39, 0.29) is 6.04 Å². The molecule has 0 saturated carbocycles. The van der Waals surface area contributed by atoms with Crippen LogP contribution in [0.5, 0.6) is 0 Å². The van der Waals surface area contributed by atoms with E-state index in [1.165, 1.54) is 5.56 Å². The molecule has 0 spiro atoms. The zero-order valence-electron chi connectivity index (χ0n) is 9.15. The van der Waals surface area contributed by atoms with E-state index in [2.05, 4.69) is 55.8 Å². The zero-order chi connectivity index (χ0) is 11.7. The number of fused-ring (bicyclic) bond motifs is 1. The minimum absolute atomic E-state index is 0.275. The van der Waals surface area contributed by atoms with Gasteiger partial charge in [0.2, 0.25) is 0 Å². The molecule has 0 bridgehead atoms. The lowest BCUT2D eigenvalue weighted by atomic mass is 10.1. The fraction of sp³-hybridized carbons (Fsp3) is 0.154. The van der Waals surface area contributed by atoms with Gasteiger partial charge in [-0.2, -0.15) is 0 Å². The van der Waals surface area contributed by atoms with Crippen molar-refractivity contribution < 1.29 is 0 Å². The first-order chi connectivity index (χ1) is 8.33. The second-order valence-corrected chi connectivity index (χ2v) is 4.95. The topological polar surface area (TPSA) is 37.0 Å². The van der Waals surface area contributed by atoms with E-state index in [1.807, 2.05) is 12.1 Å².